The van der Waals surface area contributed by atoms with Gasteiger partial charge in [0.1, 0.15) is 17.2 Å². The summed E-state index contributed by atoms with van der Waals surface area (Å²) in [4.78, 5) is 9.30. The van der Waals surface area contributed by atoms with Crippen LogP contribution in [-0.4, -0.2) is 9.97 Å². The number of hydrogen-bond acceptors (Lipinski definition) is 4. The van der Waals surface area contributed by atoms with Crippen molar-refractivity contribution in [2.45, 2.75) is 9.92 Å². The lowest BCUT2D eigenvalue weighted by Gasteiger charge is -2.05. The van der Waals surface area contributed by atoms with Crippen LogP contribution in [0.15, 0.2) is 63.2 Å². The van der Waals surface area contributed by atoms with E-state index in [2.05, 4.69) is 56.2 Å². The van der Waals surface area contributed by atoms with Crippen LogP contribution in [0.4, 0.5) is 5.82 Å². The minimum absolute atomic E-state index is 0.457. The summed E-state index contributed by atoms with van der Waals surface area (Å²) < 4.78 is 0.744. The van der Waals surface area contributed by atoms with Gasteiger partial charge >= 0.3 is 0 Å². The summed E-state index contributed by atoms with van der Waals surface area (Å²) in [7, 11) is 0. The lowest BCUT2D eigenvalue weighted by Crippen LogP contribution is -1.94. The van der Waals surface area contributed by atoms with Crippen LogP contribution in [0.5, 0.6) is 0 Å². The van der Waals surface area contributed by atoms with E-state index in [1.807, 2.05) is 12.1 Å². The zero-order chi connectivity index (χ0) is 13.2. The first-order valence-corrected chi connectivity index (χ1v) is 7.27. The van der Waals surface area contributed by atoms with Crippen molar-refractivity contribution < 1.29 is 0 Å². The molecule has 0 saturated heterocycles. The first-order valence-electron chi connectivity index (χ1n) is 5.66. The minimum Gasteiger partial charge on any atom is -0.383 e. The van der Waals surface area contributed by atoms with E-state index in [4.69, 9.17) is 5.73 Å². The second-order valence-corrected chi connectivity index (χ2v) is 5.84. The number of aromatic nitrogens is 2. The van der Waals surface area contributed by atoms with E-state index in [1.165, 1.54) is 17.1 Å². The highest BCUT2D eigenvalue weighted by Crippen LogP contribution is 2.34. The van der Waals surface area contributed by atoms with Gasteiger partial charge in [0.05, 0.1) is 4.47 Å². The summed E-state index contributed by atoms with van der Waals surface area (Å²) in [6.07, 6.45) is 1.48. The van der Waals surface area contributed by atoms with Gasteiger partial charge in [-0.2, -0.15) is 0 Å². The second-order valence-electron chi connectivity index (χ2n) is 3.99. The zero-order valence-corrected chi connectivity index (χ0v) is 12.3. The Bertz CT molecular complexity index is 746. The third-order valence-corrected chi connectivity index (χ3v) is 4.76. The van der Waals surface area contributed by atoms with Crippen LogP contribution in [0.3, 0.4) is 0 Å². The lowest BCUT2D eigenvalue weighted by atomic mass is 10.1. The Balaban J connectivity index is 1.99. The molecule has 0 aliphatic carbocycles. The van der Waals surface area contributed by atoms with Gasteiger partial charge in [0, 0.05) is 4.90 Å². The Kier molecular flexibility index (Phi) is 3.40. The lowest BCUT2D eigenvalue weighted by molar-refractivity contribution is 1.03. The number of nitrogen functional groups attached to an aromatic ring is 1. The highest BCUT2D eigenvalue weighted by atomic mass is 79.9. The SMILES string of the molecule is Nc1ncnc(Sc2ccc3ccccc3c2)c1Br. The number of fused-ring (bicyclic) bond motifs is 1. The van der Waals surface area contributed by atoms with Gasteiger partial charge in [-0.3, -0.25) is 0 Å². The zero-order valence-electron chi connectivity index (χ0n) is 9.88. The third kappa shape index (κ3) is 2.57. The smallest absolute Gasteiger partial charge is 0.142 e. The Morgan fingerprint density at radius 3 is 2.63 bits per heavy atom. The Morgan fingerprint density at radius 2 is 1.79 bits per heavy atom. The monoisotopic (exact) mass is 331 g/mol. The Labute approximate surface area is 123 Å². The number of nitrogens with zero attached hydrogens (tertiary/aromatic N) is 2. The van der Waals surface area contributed by atoms with E-state index < -0.39 is 0 Å². The molecule has 19 heavy (non-hydrogen) atoms. The third-order valence-electron chi connectivity index (χ3n) is 2.72. The van der Waals surface area contributed by atoms with Crippen LogP contribution in [-0.2, 0) is 0 Å². The van der Waals surface area contributed by atoms with Gasteiger partial charge in [0.2, 0.25) is 0 Å². The van der Waals surface area contributed by atoms with Crippen molar-refractivity contribution in [1.29, 1.82) is 0 Å². The summed E-state index contributed by atoms with van der Waals surface area (Å²) >= 11 is 4.98. The van der Waals surface area contributed by atoms with E-state index in [0.29, 0.717) is 5.82 Å². The van der Waals surface area contributed by atoms with Crippen LogP contribution in [0.2, 0.25) is 0 Å². The number of hydrogen-bond donors (Lipinski definition) is 1. The van der Waals surface area contributed by atoms with Crippen molar-refractivity contribution in [1.82, 2.24) is 9.97 Å². The summed E-state index contributed by atoms with van der Waals surface area (Å²) in [6, 6.07) is 14.6. The number of anilines is 1. The van der Waals surface area contributed by atoms with Crippen molar-refractivity contribution >= 4 is 44.3 Å². The summed E-state index contributed by atoms with van der Waals surface area (Å²) in [5.74, 6) is 0.457. The van der Waals surface area contributed by atoms with Crippen molar-refractivity contribution in [3.05, 3.63) is 53.3 Å². The van der Waals surface area contributed by atoms with Crippen LogP contribution >= 0.6 is 27.7 Å². The van der Waals surface area contributed by atoms with Crippen molar-refractivity contribution in [3.8, 4) is 0 Å². The molecule has 0 aliphatic heterocycles. The first-order chi connectivity index (χ1) is 9.24. The normalized spacial score (nSPS) is 10.8. The molecule has 94 valence electrons. The Hall–Kier alpha value is -1.59. The van der Waals surface area contributed by atoms with Crippen LogP contribution in [0.25, 0.3) is 10.8 Å². The van der Waals surface area contributed by atoms with Gasteiger partial charge < -0.3 is 5.73 Å². The molecule has 0 atom stereocenters. The van der Waals surface area contributed by atoms with Gasteiger partial charge in [0.25, 0.3) is 0 Å². The molecular formula is C14H10BrN3S. The van der Waals surface area contributed by atoms with Gasteiger partial charge in [0.15, 0.2) is 0 Å². The average Bonchev–Trinajstić information content (AvgIpc) is 2.44. The maximum atomic E-state index is 5.75. The van der Waals surface area contributed by atoms with Gasteiger partial charge in [-0.15, -0.1) is 0 Å². The predicted molar refractivity (Wildman–Crippen MR) is 82.2 cm³/mol. The van der Waals surface area contributed by atoms with Crippen molar-refractivity contribution in [2.24, 2.45) is 0 Å². The molecule has 0 bridgehead atoms. The molecular weight excluding hydrogens is 322 g/mol. The van der Waals surface area contributed by atoms with E-state index in [0.717, 1.165) is 14.4 Å². The van der Waals surface area contributed by atoms with Crippen molar-refractivity contribution in [3.63, 3.8) is 0 Å². The van der Waals surface area contributed by atoms with E-state index in [-0.39, 0.29) is 0 Å². The molecule has 3 nitrogen and oxygen atoms in total. The molecule has 3 rings (SSSR count). The molecule has 1 heterocycles. The van der Waals surface area contributed by atoms with E-state index in [9.17, 15) is 0 Å². The molecule has 0 saturated carbocycles. The molecule has 2 N–H and O–H groups in total. The molecule has 0 amide bonds. The molecule has 0 radical (unpaired) electrons. The van der Waals surface area contributed by atoms with E-state index >= 15 is 0 Å². The fraction of sp³-hybridized carbons (Fsp3) is 0. The number of halogens is 1. The van der Waals surface area contributed by atoms with Gasteiger partial charge in [-0.1, -0.05) is 42.1 Å². The number of nitrogens with two attached hydrogens (primary N) is 1. The van der Waals surface area contributed by atoms with Crippen LogP contribution < -0.4 is 5.73 Å². The summed E-state index contributed by atoms with van der Waals surface area (Å²) in [6.45, 7) is 0. The number of benzene rings is 2. The summed E-state index contributed by atoms with van der Waals surface area (Å²) in [5, 5.41) is 3.27. The van der Waals surface area contributed by atoms with E-state index in [1.54, 1.807) is 11.8 Å². The van der Waals surface area contributed by atoms with Gasteiger partial charge in [-0.05, 0) is 38.8 Å². The maximum Gasteiger partial charge on any atom is 0.142 e. The molecule has 0 aliphatic rings. The number of rotatable bonds is 2. The molecule has 0 fully saturated rings. The summed E-state index contributed by atoms with van der Waals surface area (Å²) in [5.41, 5.74) is 5.75. The second kappa shape index (κ2) is 5.19. The highest BCUT2D eigenvalue weighted by molar-refractivity contribution is 9.10. The topological polar surface area (TPSA) is 51.8 Å². The molecule has 3 aromatic rings. The average molecular weight is 332 g/mol. The Morgan fingerprint density at radius 1 is 1.00 bits per heavy atom. The fourth-order valence-electron chi connectivity index (χ4n) is 1.78. The molecule has 2 aromatic carbocycles. The predicted octanol–water partition coefficient (Wildman–Crippen LogP) is 4.13. The maximum absolute atomic E-state index is 5.75. The molecule has 0 unspecified atom stereocenters. The standard InChI is InChI=1S/C14H10BrN3S/c15-12-13(16)17-8-18-14(12)19-11-6-5-9-3-1-2-4-10(9)7-11/h1-8H,(H2,16,17,18). The molecule has 1 aromatic heterocycles. The quantitative estimate of drug-likeness (QED) is 0.717. The molecule has 0 spiro atoms. The van der Waals surface area contributed by atoms with Crippen LogP contribution in [0.1, 0.15) is 0 Å². The van der Waals surface area contributed by atoms with Gasteiger partial charge in [-0.25, -0.2) is 9.97 Å². The molecule has 5 heteroatoms. The van der Waals surface area contributed by atoms with Crippen LogP contribution in [0, 0.1) is 0 Å². The largest absolute Gasteiger partial charge is 0.383 e. The van der Waals surface area contributed by atoms with Crippen molar-refractivity contribution in [2.75, 3.05) is 5.73 Å². The fourth-order valence-corrected chi connectivity index (χ4v) is 3.07. The highest BCUT2D eigenvalue weighted by Gasteiger charge is 2.08. The first kappa shape index (κ1) is 12.4. The minimum atomic E-state index is 0.457.